The summed E-state index contributed by atoms with van der Waals surface area (Å²) in [5, 5.41) is 31.3. The summed E-state index contributed by atoms with van der Waals surface area (Å²) in [6, 6.07) is 0. The van der Waals surface area contributed by atoms with Gasteiger partial charge in [-0.2, -0.15) is 0 Å². The molecule has 0 aliphatic rings. The predicted octanol–water partition coefficient (Wildman–Crippen LogP) is 16.2. The fourth-order valence-corrected chi connectivity index (χ4v) is 8.59. The van der Waals surface area contributed by atoms with Crippen LogP contribution in [0.25, 0.3) is 0 Å². The number of unbranched alkanes of at least 4 members (excludes halogenated alkanes) is 33. The Bertz CT molecular complexity index is 1210. The summed E-state index contributed by atoms with van der Waals surface area (Å²) in [5.74, 6) is -1.64. The molecular weight excluding hydrogens is 865 g/mol. The molecule has 404 valence electrons. The van der Waals surface area contributed by atoms with Crippen molar-refractivity contribution in [3.63, 3.8) is 0 Å². The Kier molecular flexibility index (Phi) is 51.4. The smallest absolute Gasteiger partial charge is 0.306 e. The van der Waals surface area contributed by atoms with Gasteiger partial charge in [-0.1, -0.05) is 211 Å². The van der Waals surface area contributed by atoms with Crippen LogP contribution in [0.15, 0.2) is 36.5 Å². The SMILES string of the molecule is CCCCCCCCC=CCCCCCCCC(=O)OC[C@H](OC(=O)CCCCCCCC=CCCCCCCCC)[C@@H](OC(=O)CCCCCCCC=CCCCCCCCC)[C@H](O)[C@H](O)CO. The highest BCUT2D eigenvalue weighted by Crippen LogP contribution is 2.20. The van der Waals surface area contributed by atoms with Crippen molar-refractivity contribution >= 4 is 17.9 Å². The molecule has 0 unspecified atom stereocenters. The summed E-state index contributed by atoms with van der Waals surface area (Å²) in [5.41, 5.74) is 0. The van der Waals surface area contributed by atoms with E-state index in [4.69, 9.17) is 14.2 Å². The van der Waals surface area contributed by atoms with E-state index in [-0.39, 0.29) is 19.3 Å². The van der Waals surface area contributed by atoms with Crippen molar-refractivity contribution in [3.8, 4) is 0 Å². The normalized spacial score (nSPS) is 13.7. The van der Waals surface area contributed by atoms with Gasteiger partial charge in [0.05, 0.1) is 6.61 Å². The molecule has 0 spiro atoms. The van der Waals surface area contributed by atoms with E-state index < -0.39 is 55.5 Å². The average molecular weight is 976 g/mol. The van der Waals surface area contributed by atoms with Gasteiger partial charge >= 0.3 is 17.9 Å². The fourth-order valence-electron chi connectivity index (χ4n) is 8.59. The van der Waals surface area contributed by atoms with Crippen molar-refractivity contribution in [2.24, 2.45) is 0 Å². The Labute approximate surface area is 424 Å². The van der Waals surface area contributed by atoms with Crippen LogP contribution in [-0.2, 0) is 28.6 Å². The second kappa shape index (κ2) is 53.3. The lowest BCUT2D eigenvalue weighted by Gasteiger charge is -2.31. The van der Waals surface area contributed by atoms with Gasteiger partial charge in [0.15, 0.2) is 12.2 Å². The number of ether oxygens (including phenoxy) is 3. The number of aliphatic hydroxyl groups is 3. The van der Waals surface area contributed by atoms with E-state index in [9.17, 15) is 29.7 Å². The molecule has 0 saturated heterocycles. The van der Waals surface area contributed by atoms with E-state index in [1.165, 1.54) is 116 Å². The molecule has 0 aromatic carbocycles. The minimum absolute atomic E-state index is 0.0848. The largest absolute Gasteiger partial charge is 0.462 e. The number of aliphatic hydroxyl groups excluding tert-OH is 3. The molecule has 0 aliphatic heterocycles. The zero-order valence-electron chi connectivity index (χ0n) is 45.2. The first kappa shape index (κ1) is 66.5. The predicted molar refractivity (Wildman–Crippen MR) is 288 cm³/mol. The third-order valence-corrected chi connectivity index (χ3v) is 13.2. The second-order valence-corrected chi connectivity index (χ2v) is 19.9. The summed E-state index contributed by atoms with van der Waals surface area (Å²) in [6.07, 6.45) is 52.2. The lowest BCUT2D eigenvalue weighted by Crippen LogP contribution is -2.51. The van der Waals surface area contributed by atoms with Gasteiger partial charge in [0.25, 0.3) is 0 Å². The molecule has 0 fully saturated rings. The van der Waals surface area contributed by atoms with E-state index in [1.54, 1.807) is 0 Å². The van der Waals surface area contributed by atoms with Crippen LogP contribution in [0.3, 0.4) is 0 Å². The average Bonchev–Trinajstić information content (AvgIpc) is 3.35. The van der Waals surface area contributed by atoms with Crippen molar-refractivity contribution in [3.05, 3.63) is 36.5 Å². The quantitative estimate of drug-likeness (QED) is 0.0235. The lowest BCUT2D eigenvalue weighted by atomic mass is 10.0. The molecule has 0 bridgehead atoms. The number of hydrogen-bond donors (Lipinski definition) is 3. The minimum Gasteiger partial charge on any atom is -0.462 e. The number of carbonyl (C=O) groups is 3. The van der Waals surface area contributed by atoms with Crippen LogP contribution >= 0.6 is 0 Å². The highest BCUT2D eigenvalue weighted by atomic mass is 16.6. The zero-order chi connectivity index (χ0) is 50.5. The Hall–Kier alpha value is -2.49. The monoisotopic (exact) mass is 975 g/mol. The molecule has 0 aliphatic carbocycles. The molecule has 4 atom stereocenters. The first-order valence-corrected chi connectivity index (χ1v) is 29.3. The van der Waals surface area contributed by atoms with Crippen LogP contribution in [-0.4, -0.2) is 70.9 Å². The van der Waals surface area contributed by atoms with Gasteiger partial charge in [0, 0.05) is 19.3 Å². The minimum atomic E-state index is -1.77. The molecule has 9 heteroatoms. The standard InChI is InChI=1S/C60H110O9/c1-4-7-10-13-16-19-22-25-28-31-34-37-40-43-46-49-56(63)67-53-55(68-57(64)50-47-44-41-38-35-32-29-26-23-20-17-14-11-8-5-2)60(59(66)54(62)52-61)69-58(65)51-48-45-42-39-36-33-30-27-24-21-18-15-12-9-6-3/h25-30,54-55,59-62,66H,4-24,31-53H2,1-3H3/t54-,55+,59-,60-/m1/s1. The fraction of sp³-hybridized carbons (Fsp3) is 0.850. The Balaban J connectivity index is 5.04. The molecule has 0 aromatic heterocycles. The highest BCUT2D eigenvalue weighted by Gasteiger charge is 2.39. The molecule has 0 heterocycles. The van der Waals surface area contributed by atoms with E-state index >= 15 is 0 Å². The van der Waals surface area contributed by atoms with Gasteiger partial charge in [0.2, 0.25) is 0 Å². The number of allylic oxidation sites excluding steroid dienone is 6. The van der Waals surface area contributed by atoms with Crippen LogP contribution in [0, 0.1) is 0 Å². The highest BCUT2D eigenvalue weighted by molar-refractivity contribution is 5.71. The van der Waals surface area contributed by atoms with Gasteiger partial charge in [-0.3, -0.25) is 14.4 Å². The van der Waals surface area contributed by atoms with E-state index in [1.807, 2.05) is 0 Å². The molecule has 0 amide bonds. The number of esters is 3. The number of hydrogen-bond acceptors (Lipinski definition) is 9. The van der Waals surface area contributed by atoms with Gasteiger partial charge in [0.1, 0.15) is 18.8 Å². The second-order valence-electron chi connectivity index (χ2n) is 19.9. The van der Waals surface area contributed by atoms with Crippen molar-refractivity contribution in [2.75, 3.05) is 13.2 Å². The molecule has 9 nitrogen and oxygen atoms in total. The lowest BCUT2D eigenvalue weighted by molar-refractivity contribution is -0.193. The molecule has 3 N–H and O–H groups in total. The molecule has 0 rings (SSSR count). The summed E-state index contributed by atoms with van der Waals surface area (Å²) in [7, 11) is 0. The van der Waals surface area contributed by atoms with Crippen molar-refractivity contribution < 1.29 is 43.9 Å². The summed E-state index contributed by atoms with van der Waals surface area (Å²) in [4.78, 5) is 39.3. The zero-order valence-corrected chi connectivity index (χ0v) is 45.2. The maximum absolute atomic E-state index is 13.2. The van der Waals surface area contributed by atoms with Crippen LogP contribution in [0.4, 0.5) is 0 Å². The van der Waals surface area contributed by atoms with Crippen LogP contribution in [0.2, 0.25) is 0 Å². The van der Waals surface area contributed by atoms with Gasteiger partial charge in [-0.05, 0) is 96.3 Å². The summed E-state index contributed by atoms with van der Waals surface area (Å²) < 4.78 is 17.1. The maximum atomic E-state index is 13.2. The number of carbonyl (C=O) groups excluding carboxylic acids is 3. The molecule has 0 aromatic rings. The van der Waals surface area contributed by atoms with E-state index in [0.717, 1.165) is 116 Å². The maximum Gasteiger partial charge on any atom is 0.306 e. The summed E-state index contributed by atoms with van der Waals surface area (Å²) in [6.45, 7) is 5.50. The third kappa shape index (κ3) is 46.3. The van der Waals surface area contributed by atoms with E-state index in [2.05, 4.69) is 57.2 Å². The van der Waals surface area contributed by atoms with Crippen molar-refractivity contribution in [1.29, 1.82) is 0 Å². The van der Waals surface area contributed by atoms with Crippen molar-refractivity contribution in [1.82, 2.24) is 0 Å². The van der Waals surface area contributed by atoms with Crippen LogP contribution < -0.4 is 0 Å². The topological polar surface area (TPSA) is 140 Å². The Morgan fingerprint density at radius 1 is 0.377 bits per heavy atom. The third-order valence-electron chi connectivity index (χ3n) is 13.2. The number of rotatable bonds is 53. The molecule has 0 saturated carbocycles. The Morgan fingerprint density at radius 3 is 0.971 bits per heavy atom. The summed E-state index contributed by atoms with van der Waals surface area (Å²) >= 11 is 0. The van der Waals surface area contributed by atoms with E-state index in [0.29, 0.717) is 19.3 Å². The molecular formula is C60H110O9. The van der Waals surface area contributed by atoms with Gasteiger partial charge < -0.3 is 29.5 Å². The van der Waals surface area contributed by atoms with Crippen molar-refractivity contribution in [2.45, 2.75) is 315 Å². The molecule has 69 heavy (non-hydrogen) atoms. The van der Waals surface area contributed by atoms with Crippen LogP contribution in [0.5, 0.6) is 0 Å². The van der Waals surface area contributed by atoms with Gasteiger partial charge in [-0.25, -0.2) is 0 Å². The van der Waals surface area contributed by atoms with Gasteiger partial charge in [-0.15, -0.1) is 0 Å². The first-order valence-electron chi connectivity index (χ1n) is 29.3. The van der Waals surface area contributed by atoms with Crippen LogP contribution in [0.1, 0.15) is 290 Å². The Morgan fingerprint density at radius 2 is 0.652 bits per heavy atom. The molecule has 0 radical (unpaired) electrons. The first-order chi connectivity index (χ1) is 33.8.